The average molecular weight is 264 g/mol. The molecule has 5 nitrogen and oxygen atoms in total. The van der Waals surface area contributed by atoms with Crippen LogP contribution < -0.4 is 15.4 Å². The van der Waals surface area contributed by atoms with Gasteiger partial charge in [-0.25, -0.2) is 0 Å². The summed E-state index contributed by atoms with van der Waals surface area (Å²) in [4.78, 5) is 12.3. The molecule has 0 atom stereocenters. The predicted octanol–water partition coefficient (Wildman–Crippen LogP) is 1.73. The van der Waals surface area contributed by atoms with Gasteiger partial charge in [0.25, 0.3) is 0 Å². The van der Waals surface area contributed by atoms with Gasteiger partial charge in [-0.15, -0.1) is 0 Å². The highest BCUT2D eigenvalue weighted by atomic mass is 16.5. The molecule has 1 fully saturated rings. The van der Waals surface area contributed by atoms with Gasteiger partial charge in [0.2, 0.25) is 5.91 Å². The van der Waals surface area contributed by atoms with Crippen molar-refractivity contribution in [2.45, 2.75) is 19.8 Å². The Morgan fingerprint density at radius 1 is 1.42 bits per heavy atom. The number of nitrogens with one attached hydrogen (secondary N) is 2. The highest BCUT2D eigenvalue weighted by Crippen LogP contribution is 2.33. The molecule has 1 amide bonds. The minimum absolute atomic E-state index is 0.0187. The smallest absolute Gasteiger partial charge is 0.230 e. The molecule has 0 radical (unpaired) electrons. The monoisotopic (exact) mass is 264 g/mol. The highest BCUT2D eigenvalue weighted by Gasteiger charge is 2.34. The van der Waals surface area contributed by atoms with Crippen LogP contribution in [0.4, 0.5) is 5.69 Å². The fourth-order valence-electron chi connectivity index (χ4n) is 2.22. The molecule has 3 N–H and O–H groups in total. The number of hydrogen-bond donors (Lipinski definition) is 3. The summed E-state index contributed by atoms with van der Waals surface area (Å²) in [7, 11) is 1.53. The first-order valence-corrected chi connectivity index (χ1v) is 6.44. The maximum atomic E-state index is 12.3. The van der Waals surface area contributed by atoms with Crippen molar-refractivity contribution in [1.29, 1.82) is 0 Å². The van der Waals surface area contributed by atoms with E-state index in [0.29, 0.717) is 11.4 Å². The van der Waals surface area contributed by atoms with Gasteiger partial charge < -0.3 is 20.5 Å². The van der Waals surface area contributed by atoms with Crippen LogP contribution in [0, 0.1) is 5.41 Å². The number of amides is 1. The summed E-state index contributed by atoms with van der Waals surface area (Å²) in [6, 6.07) is 4.84. The summed E-state index contributed by atoms with van der Waals surface area (Å²) in [5.41, 5.74) is 0.0444. The Kier molecular flexibility index (Phi) is 3.95. The molecule has 1 aliphatic rings. The van der Waals surface area contributed by atoms with Crippen molar-refractivity contribution in [2.75, 3.05) is 25.5 Å². The Balaban J connectivity index is 2.10. The molecule has 0 bridgehead atoms. The number of aromatic hydroxyl groups is 1. The number of carbonyl (C=O) groups excluding carboxylic acids is 1. The molecular weight excluding hydrogens is 244 g/mol. The van der Waals surface area contributed by atoms with Crippen molar-refractivity contribution in [3.63, 3.8) is 0 Å². The van der Waals surface area contributed by atoms with E-state index in [2.05, 4.69) is 10.6 Å². The number of anilines is 1. The lowest BCUT2D eigenvalue weighted by Gasteiger charge is -2.32. The molecule has 104 valence electrons. The molecular formula is C14H20N2O3. The molecule has 1 saturated heterocycles. The third-order valence-corrected chi connectivity index (χ3v) is 3.71. The SMILES string of the molecule is COc1ccc(NC(=O)C2(C)CCNCC2)c(O)c1. The average Bonchev–Trinajstić information content (AvgIpc) is 2.41. The first-order chi connectivity index (χ1) is 9.05. The fraction of sp³-hybridized carbons (Fsp3) is 0.500. The van der Waals surface area contributed by atoms with Crippen LogP contribution in [0.5, 0.6) is 11.5 Å². The second-order valence-electron chi connectivity index (χ2n) is 5.15. The normalized spacial score (nSPS) is 17.8. The lowest BCUT2D eigenvalue weighted by Crippen LogP contribution is -2.42. The second-order valence-corrected chi connectivity index (χ2v) is 5.15. The molecule has 0 saturated carbocycles. The maximum absolute atomic E-state index is 12.3. The van der Waals surface area contributed by atoms with Crippen molar-refractivity contribution in [2.24, 2.45) is 5.41 Å². The molecule has 0 spiro atoms. The number of carbonyl (C=O) groups is 1. The van der Waals surface area contributed by atoms with E-state index in [9.17, 15) is 9.90 Å². The maximum Gasteiger partial charge on any atom is 0.230 e. The molecule has 1 heterocycles. The highest BCUT2D eigenvalue weighted by molar-refractivity contribution is 5.96. The first-order valence-electron chi connectivity index (χ1n) is 6.44. The predicted molar refractivity (Wildman–Crippen MR) is 73.5 cm³/mol. The molecule has 0 aliphatic carbocycles. The van der Waals surface area contributed by atoms with Crippen LogP contribution in [0.15, 0.2) is 18.2 Å². The van der Waals surface area contributed by atoms with Gasteiger partial charge in [-0.05, 0) is 38.1 Å². The lowest BCUT2D eigenvalue weighted by molar-refractivity contribution is -0.126. The van der Waals surface area contributed by atoms with E-state index in [4.69, 9.17) is 4.74 Å². The Morgan fingerprint density at radius 2 is 2.11 bits per heavy atom. The quantitative estimate of drug-likeness (QED) is 0.727. The lowest BCUT2D eigenvalue weighted by atomic mass is 9.80. The summed E-state index contributed by atoms with van der Waals surface area (Å²) in [5, 5.41) is 15.9. The molecule has 2 rings (SSSR count). The number of benzene rings is 1. The molecule has 1 aromatic carbocycles. The van der Waals surface area contributed by atoms with E-state index < -0.39 is 0 Å². The van der Waals surface area contributed by atoms with Gasteiger partial charge >= 0.3 is 0 Å². The summed E-state index contributed by atoms with van der Waals surface area (Å²) >= 11 is 0. The van der Waals surface area contributed by atoms with Crippen molar-refractivity contribution in [1.82, 2.24) is 5.32 Å². The van der Waals surface area contributed by atoms with Gasteiger partial charge in [-0.1, -0.05) is 6.92 Å². The number of hydrogen-bond acceptors (Lipinski definition) is 4. The number of piperidine rings is 1. The van der Waals surface area contributed by atoms with Crippen molar-refractivity contribution < 1.29 is 14.6 Å². The zero-order valence-corrected chi connectivity index (χ0v) is 11.3. The number of ether oxygens (including phenoxy) is 1. The Hall–Kier alpha value is -1.75. The third kappa shape index (κ3) is 2.98. The summed E-state index contributed by atoms with van der Waals surface area (Å²) in [6.45, 7) is 3.65. The van der Waals surface area contributed by atoms with Crippen LogP contribution in [0.25, 0.3) is 0 Å². The Labute approximate surface area is 113 Å². The van der Waals surface area contributed by atoms with Crippen LogP contribution in [-0.2, 0) is 4.79 Å². The number of methoxy groups -OCH3 is 1. The molecule has 1 aromatic rings. The summed E-state index contributed by atoms with van der Waals surface area (Å²) in [5.74, 6) is 0.531. The Morgan fingerprint density at radius 3 is 2.68 bits per heavy atom. The fourth-order valence-corrected chi connectivity index (χ4v) is 2.22. The zero-order chi connectivity index (χ0) is 13.9. The van der Waals surface area contributed by atoms with Gasteiger partial charge in [0.15, 0.2) is 0 Å². The molecule has 0 aromatic heterocycles. The van der Waals surface area contributed by atoms with E-state index in [1.54, 1.807) is 12.1 Å². The van der Waals surface area contributed by atoms with Gasteiger partial charge in [-0.3, -0.25) is 4.79 Å². The van der Waals surface area contributed by atoms with Gasteiger partial charge in [0, 0.05) is 11.5 Å². The van der Waals surface area contributed by atoms with Gasteiger partial charge in [0.05, 0.1) is 12.8 Å². The van der Waals surface area contributed by atoms with Crippen LogP contribution in [0.3, 0.4) is 0 Å². The summed E-state index contributed by atoms with van der Waals surface area (Å²) < 4.78 is 5.01. The summed E-state index contributed by atoms with van der Waals surface area (Å²) in [6.07, 6.45) is 1.60. The van der Waals surface area contributed by atoms with Crippen LogP contribution in [0.1, 0.15) is 19.8 Å². The van der Waals surface area contributed by atoms with E-state index in [-0.39, 0.29) is 17.1 Å². The Bertz CT molecular complexity index is 468. The second kappa shape index (κ2) is 5.48. The zero-order valence-electron chi connectivity index (χ0n) is 11.3. The molecule has 19 heavy (non-hydrogen) atoms. The van der Waals surface area contributed by atoms with Gasteiger partial charge in [-0.2, -0.15) is 0 Å². The standard InChI is InChI=1S/C14H20N2O3/c1-14(5-7-15-8-6-14)13(18)16-11-4-3-10(19-2)9-12(11)17/h3-4,9,15,17H,5-8H2,1-2H3,(H,16,18). The topological polar surface area (TPSA) is 70.6 Å². The molecule has 5 heteroatoms. The van der Waals surface area contributed by atoms with Crippen molar-refractivity contribution >= 4 is 11.6 Å². The van der Waals surface area contributed by atoms with E-state index in [1.807, 2.05) is 6.92 Å². The van der Waals surface area contributed by atoms with Crippen LogP contribution in [-0.4, -0.2) is 31.2 Å². The van der Waals surface area contributed by atoms with Gasteiger partial charge in [0.1, 0.15) is 11.5 Å². The molecule has 0 unspecified atom stereocenters. The van der Waals surface area contributed by atoms with E-state index in [1.165, 1.54) is 13.2 Å². The third-order valence-electron chi connectivity index (χ3n) is 3.71. The van der Waals surface area contributed by atoms with Crippen LogP contribution in [0.2, 0.25) is 0 Å². The number of rotatable bonds is 3. The number of phenols is 1. The number of phenolic OH excluding ortho intramolecular Hbond substituents is 1. The molecule has 1 aliphatic heterocycles. The van der Waals surface area contributed by atoms with Crippen molar-refractivity contribution in [3.8, 4) is 11.5 Å². The van der Waals surface area contributed by atoms with Crippen LogP contribution >= 0.6 is 0 Å². The van der Waals surface area contributed by atoms with E-state index >= 15 is 0 Å². The van der Waals surface area contributed by atoms with E-state index in [0.717, 1.165) is 25.9 Å². The first kappa shape index (κ1) is 13.7. The minimum Gasteiger partial charge on any atom is -0.506 e. The minimum atomic E-state index is -0.377. The van der Waals surface area contributed by atoms with Crippen molar-refractivity contribution in [3.05, 3.63) is 18.2 Å². The largest absolute Gasteiger partial charge is 0.506 e.